The van der Waals surface area contributed by atoms with Crippen LogP contribution in [0.5, 0.6) is 17.2 Å². The minimum absolute atomic E-state index is 0.407. The van der Waals surface area contributed by atoms with E-state index in [9.17, 15) is 4.79 Å². The van der Waals surface area contributed by atoms with Crippen LogP contribution in [-0.4, -0.2) is 27.3 Å². The van der Waals surface area contributed by atoms with Crippen LogP contribution < -0.4 is 14.2 Å². The first-order valence-electron chi connectivity index (χ1n) is 7.66. The third-order valence-electron chi connectivity index (χ3n) is 3.82. The summed E-state index contributed by atoms with van der Waals surface area (Å²) in [6.07, 6.45) is 3.46. The normalized spacial score (nSPS) is 14.9. The van der Waals surface area contributed by atoms with Crippen molar-refractivity contribution >= 4 is 17.8 Å². The third-order valence-corrected chi connectivity index (χ3v) is 3.82. The van der Waals surface area contributed by atoms with Gasteiger partial charge in [0.25, 0.3) is 0 Å². The maximum Gasteiger partial charge on any atom is 0.343 e. The number of benzene rings is 2. The molecule has 1 heterocycles. The van der Waals surface area contributed by atoms with Crippen LogP contribution in [0.3, 0.4) is 0 Å². The van der Waals surface area contributed by atoms with Crippen molar-refractivity contribution in [2.24, 2.45) is 0 Å². The van der Waals surface area contributed by atoms with Gasteiger partial charge in [-0.1, -0.05) is 12.1 Å². The van der Waals surface area contributed by atoms with Gasteiger partial charge in [0.05, 0.1) is 32.5 Å². The molecule has 0 radical (unpaired) electrons. The van der Waals surface area contributed by atoms with Crippen molar-refractivity contribution in [3.05, 3.63) is 65.2 Å². The Bertz CT molecular complexity index is 864. The smallest absolute Gasteiger partial charge is 0.343 e. The topological polar surface area (TPSA) is 54.0 Å². The van der Waals surface area contributed by atoms with Gasteiger partial charge in [-0.25, -0.2) is 4.79 Å². The van der Waals surface area contributed by atoms with Crippen molar-refractivity contribution in [3.63, 3.8) is 0 Å². The van der Waals surface area contributed by atoms with Crippen molar-refractivity contribution in [3.8, 4) is 17.2 Å². The van der Waals surface area contributed by atoms with E-state index < -0.39 is 5.97 Å². The van der Waals surface area contributed by atoms with Crippen LogP contribution in [0.4, 0.5) is 0 Å². The molecule has 0 saturated heterocycles. The maximum atomic E-state index is 12.2. The highest BCUT2D eigenvalue weighted by molar-refractivity contribution is 6.05. The number of methoxy groups -OCH3 is 3. The number of esters is 1. The van der Waals surface area contributed by atoms with Crippen LogP contribution in [-0.2, 0) is 9.53 Å². The number of rotatable bonds is 5. The van der Waals surface area contributed by atoms with E-state index in [2.05, 4.69) is 0 Å². The first kappa shape index (κ1) is 16.6. The van der Waals surface area contributed by atoms with Crippen LogP contribution in [0.15, 0.2) is 54.1 Å². The average molecular weight is 338 g/mol. The molecule has 0 amide bonds. The molecule has 5 nitrogen and oxygen atoms in total. The number of carbonyl (C=O) groups is 1. The van der Waals surface area contributed by atoms with E-state index in [1.165, 1.54) is 0 Å². The van der Waals surface area contributed by atoms with Gasteiger partial charge in [0.1, 0.15) is 23.0 Å². The summed E-state index contributed by atoms with van der Waals surface area (Å²) >= 11 is 0. The molecule has 0 N–H and O–H groups in total. The molecule has 0 unspecified atom stereocenters. The molecule has 2 aromatic carbocycles. The van der Waals surface area contributed by atoms with E-state index in [0.717, 1.165) is 11.3 Å². The summed E-state index contributed by atoms with van der Waals surface area (Å²) in [5.74, 6) is 2.00. The number of hydrogen-bond acceptors (Lipinski definition) is 5. The monoisotopic (exact) mass is 338 g/mol. The molecule has 0 saturated carbocycles. The molecule has 25 heavy (non-hydrogen) atoms. The second-order valence-corrected chi connectivity index (χ2v) is 5.34. The second-order valence-electron chi connectivity index (χ2n) is 5.34. The van der Waals surface area contributed by atoms with Crippen LogP contribution in [0.2, 0.25) is 0 Å². The zero-order chi connectivity index (χ0) is 17.8. The van der Waals surface area contributed by atoms with E-state index in [1.54, 1.807) is 51.7 Å². The van der Waals surface area contributed by atoms with E-state index in [-0.39, 0.29) is 0 Å². The third kappa shape index (κ3) is 3.50. The highest BCUT2D eigenvalue weighted by Gasteiger charge is 2.24. The molecule has 5 heteroatoms. The summed E-state index contributed by atoms with van der Waals surface area (Å²) in [5, 5.41) is 0. The Balaban J connectivity index is 1.96. The Labute approximate surface area is 146 Å². The SMILES string of the molecule is COc1cccc(C=C2C=C(c3ccc(OC)cc3OC)OC2=O)c1. The molecule has 0 bridgehead atoms. The van der Waals surface area contributed by atoms with E-state index in [0.29, 0.717) is 28.4 Å². The second kappa shape index (κ2) is 7.13. The predicted octanol–water partition coefficient (Wildman–Crippen LogP) is 3.69. The Morgan fingerprint density at radius 3 is 2.40 bits per heavy atom. The molecule has 0 fully saturated rings. The van der Waals surface area contributed by atoms with Gasteiger partial charge in [0.15, 0.2) is 0 Å². The molecule has 0 aliphatic carbocycles. The highest BCUT2D eigenvalue weighted by Crippen LogP contribution is 2.35. The largest absolute Gasteiger partial charge is 0.497 e. The number of cyclic esters (lactones) is 1. The van der Waals surface area contributed by atoms with Crippen molar-refractivity contribution in [1.82, 2.24) is 0 Å². The average Bonchev–Trinajstić information content (AvgIpc) is 3.01. The first-order chi connectivity index (χ1) is 12.1. The molecule has 0 atom stereocenters. The fourth-order valence-electron chi connectivity index (χ4n) is 2.53. The fourth-order valence-corrected chi connectivity index (χ4v) is 2.53. The van der Waals surface area contributed by atoms with E-state index in [1.807, 2.05) is 24.3 Å². The molecule has 0 spiro atoms. The Hall–Kier alpha value is -3.21. The predicted molar refractivity (Wildman–Crippen MR) is 94.6 cm³/mol. The summed E-state index contributed by atoms with van der Waals surface area (Å²) < 4.78 is 21.2. The van der Waals surface area contributed by atoms with Gasteiger partial charge >= 0.3 is 5.97 Å². The number of ether oxygens (including phenoxy) is 4. The van der Waals surface area contributed by atoms with Gasteiger partial charge < -0.3 is 18.9 Å². The quantitative estimate of drug-likeness (QED) is 0.615. The minimum Gasteiger partial charge on any atom is -0.497 e. The zero-order valence-corrected chi connectivity index (χ0v) is 14.2. The highest BCUT2D eigenvalue weighted by atomic mass is 16.5. The lowest BCUT2D eigenvalue weighted by Gasteiger charge is -2.10. The van der Waals surface area contributed by atoms with Crippen LogP contribution >= 0.6 is 0 Å². The molecule has 2 aromatic rings. The lowest BCUT2D eigenvalue weighted by Crippen LogP contribution is -1.98. The number of hydrogen-bond donors (Lipinski definition) is 0. The van der Waals surface area contributed by atoms with E-state index in [4.69, 9.17) is 18.9 Å². The van der Waals surface area contributed by atoms with Gasteiger partial charge in [-0.15, -0.1) is 0 Å². The van der Waals surface area contributed by atoms with Crippen molar-refractivity contribution < 1.29 is 23.7 Å². The lowest BCUT2D eigenvalue weighted by molar-refractivity contribution is -0.130. The number of carbonyl (C=O) groups excluding carboxylic acids is 1. The molecular formula is C20H18O5. The minimum atomic E-state index is -0.407. The van der Waals surface area contributed by atoms with Gasteiger partial charge in [-0.3, -0.25) is 0 Å². The summed E-state index contributed by atoms with van der Waals surface area (Å²) in [6, 6.07) is 12.8. The van der Waals surface area contributed by atoms with Crippen LogP contribution in [0.25, 0.3) is 11.8 Å². The molecule has 1 aliphatic heterocycles. The Morgan fingerprint density at radius 2 is 1.68 bits per heavy atom. The van der Waals surface area contributed by atoms with Crippen LogP contribution in [0.1, 0.15) is 11.1 Å². The lowest BCUT2D eigenvalue weighted by atomic mass is 10.1. The summed E-state index contributed by atoms with van der Waals surface area (Å²) in [5.41, 5.74) is 2.00. The van der Waals surface area contributed by atoms with Crippen molar-refractivity contribution in [2.75, 3.05) is 21.3 Å². The van der Waals surface area contributed by atoms with E-state index >= 15 is 0 Å². The van der Waals surface area contributed by atoms with Crippen LogP contribution in [0, 0.1) is 0 Å². The van der Waals surface area contributed by atoms with Crippen molar-refractivity contribution in [2.45, 2.75) is 0 Å². The Morgan fingerprint density at radius 1 is 0.920 bits per heavy atom. The molecule has 1 aliphatic rings. The standard InChI is InChI=1S/C20H18O5/c1-22-15-6-4-5-13(10-15)9-14-11-19(25-20(14)21)17-8-7-16(23-2)12-18(17)24-3/h4-12H,1-3H3. The van der Waals surface area contributed by atoms with Gasteiger partial charge in [-0.2, -0.15) is 0 Å². The van der Waals surface area contributed by atoms with Gasteiger partial charge in [0, 0.05) is 6.07 Å². The zero-order valence-electron chi connectivity index (χ0n) is 14.2. The van der Waals surface area contributed by atoms with Gasteiger partial charge in [-0.05, 0) is 42.0 Å². The maximum absolute atomic E-state index is 12.2. The summed E-state index contributed by atoms with van der Waals surface area (Å²) in [7, 11) is 4.74. The van der Waals surface area contributed by atoms with Gasteiger partial charge in [0.2, 0.25) is 0 Å². The summed E-state index contributed by atoms with van der Waals surface area (Å²) in [4.78, 5) is 12.2. The molecule has 128 valence electrons. The molecular weight excluding hydrogens is 320 g/mol. The molecule has 3 rings (SSSR count). The fraction of sp³-hybridized carbons (Fsp3) is 0.150. The molecule has 0 aromatic heterocycles. The Kier molecular flexibility index (Phi) is 4.75. The van der Waals surface area contributed by atoms with Crippen molar-refractivity contribution in [1.29, 1.82) is 0 Å². The summed E-state index contributed by atoms with van der Waals surface area (Å²) in [6.45, 7) is 0. The first-order valence-corrected chi connectivity index (χ1v) is 7.66.